The number of rotatable bonds is 2. The van der Waals surface area contributed by atoms with Crippen molar-refractivity contribution in [3.63, 3.8) is 0 Å². The van der Waals surface area contributed by atoms with Crippen LogP contribution < -0.4 is 0 Å². The molecule has 0 bridgehead atoms. The second-order valence-corrected chi connectivity index (χ2v) is 3.51. The van der Waals surface area contributed by atoms with Gasteiger partial charge in [0.25, 0.3) is 0 Å². The number of aryl methyl sites for hydroxylation is 1. The van der Waals surface area contributed by atoms with Gasteiger partial charge in [0.2, 0.25) is 0 Å². The van der Waals surface area contributed by atoms with Crippen molar-refractivity contribution in [2.24, 2.45) is 0 Å². The highest BCUT2D eigenvalue weighted by Gasteiger charge is 2.03. The number of thioether (sulfide) groups is 1. The molecule has 0 radical (unpaired) electrons. The quantitative estimate of drug-likeness (QED) is 0.765. The highest BCUT2D eigenvalue weighted by Crippen LogP contribution is 2.23. The standard InChI is InChI=1S/C6H9ClN2S.ClH/c1-3-10-6-5(7)8-4(2)9-6;/h3H2,1-2H3,(H,8,9);1H. The fourth-order valence-electron chi connectivity index (χ4n) is 0.674. The summed E-state index contributed by atoms with van der Waals surface area (Å²) in [6.07, 6.45) is 0. The van der Waals surface area contributed by atoms with Gasteiger partial charge in [-0.1, -0.05) is 18.5 Å². The Balaban J connectivity index is 0.000001000. The van der Waals surface area contributed by atoms with Crippen molar-refractivity contribution in [2.75, 3.05) is 5.75 Å². The first-order valence-corrected chi connectivity index (χ1v) is 4.45. The Morgan fingerprint density at radius 1 is 1.64 bits per heavy atom. The van der Waals surface area contributed by atoms with E-state index in [1.807, 2.05) is 6.92 Å². The second-order valence-electron chi connectivity index (χ2n) is 1.87. The number of nitrogens with one attached hydrogen (secondary N) is 1. The van der Waals surface area contributed by atoms with Crippen LogP contribution in [0.5, 0.6) is 0 Å². The lowest BCUT2D eigenvalue weighted by molar-refractivity contribution is 1.10. The maximum Gasteiger partial charge on any atom is 0.140 e. The van der Waals surface area contributed by atoms with E-state index in [1.54, 1.807) is 11.8 Å². The van der Waals surface area contributed by atoms with E-state index in [0.29, 0.717) is 5.15 Å². The normalized spacial score (nSPS) is 9.36. The summed E-state index contributed by atoms with van der Waals surface area (Å²) in [5, 5.41) is 1.56. The molecule has 0 aromatic carbocycles. The van der Waals surface area contributed by atoms with E-state index in [4.69, 9.17) is 11.6 Å². The van der Waals surface area contributed by atoms with Gasteiger partial charge in [0.1, 0.15) is 16.0 Å². The number of imidazole rings is 1. The largest absolute Gasteiger partial charge is 0.332 e. The third-order valence-corrected chi connectivity index (χ3v) is 2.27. The SMILES string of the molecule is CCSc1nc(C)[nH]c1Cl.Cl. The van der Waals surface area contributed by atoms with Crippen molar-refractivity contribution in [3.8, 4) is 0 Å². The molecule has 5 heteroatoms. The van der Waals surface area contributed by atoms with Gasteiger partial charge in [0.15, 0.2) is 0 Å². The van der Waals surface area contributed by atoms with Crippen molar-refractivity contribution in [2.45, 2.75) is 18.9 Å². The highest BCUT2D eigenvalue weighted by atomic mass is 35.5. The van der Waals surface area contributed by atoms with E-state index in [0.717, 1.165) is 16.6 Å². The van der Waals surface area contributed by atoms with Crippen LogP contribution in [0.25, 0.3) is 0 Å². The molecule has 11 heavy (non-hydrogen) atoms. The molecule has 0 fully saturated rings. The summed E-state index contributed by atoms with van der Waals surface area (Å²) in [6, 6.07) is 0. The molecular weight excluding hydrogens is 203 g/mol. The van der Waals surface area contributed by atoms with Gasteiger partial charge in [-0.25, -0.2) is 4.98 Å². The predicted molar refractivity (Wildman–Crippen MR) is 52.0 cm³/mol. The Kier molecular flexibility index (Phi) is 4.97. The summed E-state index contributed by atoms with van der Waals surface area (Å²) in [7, 11) is 0. The highest BCUT2D eigenvalue weighted by molar-refractivity contribution is 7.99. The summed E-state index contributed by atoms with van der Waals surface area (Å²) < 4.78 is 0. The fourth-order valence-corrected chi connectivity index (χ4v) is 1.67. The topological polar surface area (TPSA) is 28.7 Å². The van der Waals surface area contributed by atoms with E-state index >= 15 is 0 Å². The third kappa shape index (κ3) is 2.93. The van der Waals surface area contributed by atoms with Gasteiger partial charge in [0, 0.05) is 0 Å². The zero-order chi connectivity index (χ0) is 7.56. The monoisotopic (exact) mass is 212 g/mol. The molecule has 0 saturated carbocycles. The van der Waals surface area contributed by atoms with Crippen LogP contribution in [0.3, 0.4) is 0 Å². The van der Waals surface area contributed by atoms with E-state index in [1.165, 1.54) is 0 Å². The van der Waals surface area contributed by atoms with Gasteiger partial charge >= 0.3 is 0 Å². The van der Waals surface area contributed by atoms with Crippen molar-refractivity contribution in [3.05, 3.63) is 11.0 Å². The molecule has 2 nitrogen and oxygen atoms in total. The molecule has 1 aromatic rings. The van der Waals surface area contributed by atoms with Crippen LogP contribution in [-0.2, 0) is 0 Å². The summed E-state index contributed by atoms with van der Waals surface area (Å²) in [4.78, 5) is 7.10. The maximum atomic E-state index is 5.78. The van der Waals surface area contributed by atoms with Crippen LogP contribution in [0.4, 0.5) is 0 Å². The van der Waals surface area contributed by atoms with E-state index in [-0.39, 0.29) is 12.4 Å². The fraction of sp³-hybridized carbons (Fsp3) is 0.500. The number of hydrogen-bond acceptors (Lipinski definition) is 2. The number of aromatic nitrogens is 2. The maximum absolute atomic E-state index is 5.78. The molecule has 0 unspecified atom stereocenters. The lowest BCUT2D eigenvalue weighted by Gasteiger charge is -1.88. The minimum atomic E-state index is 0. The third-order valence-electron chi connectivity index (χ3n) is 1.03. The average Bonchev–Trinajstić information content (AvgIpc) is 2.13. The van der Waals surface area contributed by atoms with Gasteiger partial charge in [-0.15, -0.1) is 24.2 Å². The molecule has 0 aliphatic rings. The molecule has 0 aliphatic heterocycles. The molecule has 0 saturated heterocycles. The first-order valence-electron chi connectivity index (χ1n) is 3.09. The van der Waals surface area contributed by atoms with Gasteiger partial charge in [-0.2, -0.15) is 0 Å². The molecule has 0 amide bonds. The summed E-state index contributed by atoms with van der Waals surface area (Å²) in [5.41, 5.74) is 0. The van der Waals surface area contributed by atoms with E-state index in [9.17, 15) is 0 Å². The van der Waals surface area contributed by atoms with Crippen molar-refractivity contribution >= 4 is 35.8 Å². The predicted octanol–water partition coefficient (Wildman–Crippen LogP) is 2.91. The van der Waals surface area contributed by atoms with Gasteiger partial charge in [-0.05, 0) is 12.7 Å². The van der Waals surface area contributed by atoms with Crippen molar-refractivity contribution < 1.29 is 0 Å². The van der Waals surface area contributed by atoms with Crippen LogP contribution in [0.1, 0.15) is 12.7 Å². The van der Waals surface area contributed by atoms with Crippen LogP contribution >= 0.6 is 35.8 Å². The molecule has 0 aliphatic carbocycles. The lowest BCUT2D eigenvalue weighted by Crippen LogP contribution is -1.73. The van der Waals surface area contributed by atoms with Crippen LogP contribution in [-0.4, -0.2) is 15.7 Å². The first kappa shape index (κ1) is 11.1. The number of aromatic amines is 1. The Bertz CT molecular complexity index is 224. The minimum absolute atomic E-state index is 0. The molecule has 64 valence electrons. The van der Waals surface area contributed by atoms with Gasteiger partial charge in [0.05, 0.1) is 0 Å². The summed E-state index contributed by atoms with van der Waals surface area (Å²) in [6.45, 7) is 3.97. The van der Waals surface area contributed by atoms with Gasteiger partial charge in [-0.3, -0.25) is 0 Å². The Labute approximate surface area is 81.5 Å². The van der Waals surface area contributed by atoms with Gasteiger partial charge < -0.3 is 4.98 Å². The Morgan fingerprint density at radius 3 is 2.64 bits per heavy atom. The molecule has 1 N–H and O–H groups in total. The summed E-state index contributed by atoms with van der Waals surface area (Å²) >= 11 is 7.43. The van der Waals surface area contributed by atoms with E-state index in [2.05, 4.69) is 16.9 Å². The van der Waals surface area contributed by atoms with Crippen LogP contribution in [0.15, 0.2) is 5.03 Å². The number of halogens is 2. The summed E-state index contributed by atoms with van der Waals surface area (Å²) in [5.74, 6) is 1.88. The number of hydrogen-bond donors (Lipinski definition) is 1. The molecular formula is C6H10Cl2N2S. The molecule has 1 aromatic heterocycles. The molecule has 1 heterocycles. The Hall–Kier alpha value is 0.140. The molecule has 0 spiro atoms. The minimum Gasteiger partial charge on any atom is -0.332 e. The second kappa shape index (κ2) is 4.91. The lowest BCUT2D eigenvalue weighted by atomic mass is 10.8. The zero-order valence-corrected chi connectivity index (χ0v) is 8.74. The first-order chi connectivity index (χ1) is 4.74. The Morgan fingerprint density at radius 2 is 2.27 bits per heavy atom. The number of nitrogens with zero attached hydrogens (tertiary/aromatic N) is 1. The van der Waals surface area contributed by atoms with E-state index < -0.39 is 0 Å². The molecule has 0 atom stereocenters. The zero-order valence-electron chi connectivity index (χ0n) is 6.35. The molecule has 1 rings (SSSR count). The smallest absolute Gasteiger partial charge is 0.140 e. The average molecular weight is 213 g/mol. The van der Waals surface area contributed by atoms with Crippen LogP contribution in [0.2, 0.25) is 5.15 Å². The van der Waals surface area contributed by atoms with Crippen molar-refractivity contribution in [1.82, 2.24) is 9.97 Å². The van der Waals surface area contributed by atoms with Crippen molar-refractivity contribution in [1.29, 1.82) is 0 Å². The van der Waals surface area contributed by atoms with Crippen LogP contribution in [0, 0.1) is 6.92 Å². The number of H-pyrrole nitrogens is 1.